The molecular weight excluding hydrogens is 446 g/mol. The van der Waals surface area contributed by atoms with Gasteiger partial charge in [-0.3, -0.25) is 9.69 Å². The van der Waals surface area contributed by atoms with Crippen LogP contribution in [-0.2, 0) is 22.4 Å². The van der Waals surface area contributed by atoms with Gasteiger partial charge in [0.2, 0.25) is 5.82 Å². The van der Waals surface area contributed by atoms with Gasteiger partial charge < -0.3 is 18.7 Å². The Morgan fingerprint density at radius 1 is 1.09 bits per heavy atom. The van der Waals surface area contributed by atoms with Crippen molar-refractivity contribution in [2.75, 3.05) is 44.2 Å². The van der Waals surface area contributed by atoms with Crippen LogP contribution >= 0.6 is 0 Å². The molecule has 2 aliphatic rings. The molecule has 0 radical (unpaired) electrons. The SMILES string of the molecule is CCOC(=O)CCN1CCN(c2ccc(-c3noc(-c4noc5c4CCC(C)(C)C5)n3)cc2)CC1. The number of rotatable bonds is 7. The number of esters is 1. The van der Waals surface area contributed by atoms with E-state index in [0.29, 0.717) is 30.4 Å². The van der Waals surface area contributed by atoms with Crippen molar-refractivity contribution in [3.8, 4) is 23.0 Å². The maximum atomic E-state index is 11.6. The summed E-state index contributed by atoms with van der Waals surface area (Å²) in [7, 11) is 0. The maximum Gasteiger partial charge on any atom is 0.307 e. The number of carbonyl (C=O) groups is 1. The van der Waals surface area contributed by atoms with Crippen molar-refractivity contribution < 1.29 is 18.6 Å². The lowest BCUT2D eigenvalue weighted by Gasteiger charge is -2.36. The van der Waals surface area contributed by atoms with Gasteiger partial charge in [-0.05, 0) is 49.4 Å². The van der Waals surface area contributed by atoms with E-state index < -0.39 is 0 Å². The fraction of sp³-hybridized carbons (Fsp3) is 0.538. The average molecular weight is 480 g/mol. The molecule has 2 aromatic heterocycles. The first-order valence-corrected chi connectivity index (χ1v) is 12.5. The normalized spacial score (nSPS) is 17.9. The lowest BCUT2D eigenvalue weighted by atomic mass is 9.77. The highest BCUT2D eigenvalue weighted by Gasteiger charge is 2.32. The van der Waals surface area contributed by atoms with E-state index in [4.69, 9.17) is 13.8 Å². The summed E-state index contributed by atoms with van der Waals surface area (Å²) in [6, 6.07) is 8.25. The Bertz CT molecular complexity index is 1160. The molecule has 5 rings (SSSR count). The molecule has 0 atom stereocenters. The predicted molar refractivity (Wildman–Crippen MR) is 131 cm³/mol. The maximum absolute atomic E-state index is 11.6. The van der Waals surface area contributed by atoms with Crippen molar-refractivity contribution in [1.29, 1.82) is 0 Å². The van der Waals surface area contributed by atoms with Crippen molar-refractivity contribution in [3.63, 3.8) is 0 Å². The van der Waals surface area contributed by atoms with E-state index in [2.05, 4.69) is 51.1 Å². The van der Waals surface area contributed by atoms with Crippen molar-refractivity contribution in [2.45, 2.75) is 46.5 Å². The van der Waals surface area contributed by atoms with E-state index in [9.17, 15) is 4.79 Å². The topological polar surface area (TPSA) is 97.7 Å². The first-order valence-electron chi connectivity index (χ1n) is 12.5. The van der Waals surface area contributed by atoms with Crippen LogP contribution in [0.15, 0.2) is 33.3 Å². The summed E-state index contributed by atoms with van der Waals surface area (Å²) >= 11 is 0. The van der Waals surface area contributed by atoms with Crippen LogP contribution in [0, 0.1) is 5.41 Å². The summed E-state index contributed by atoms with van der Waals surface area (Å²) in [6.07, 6.45) is 3.31. The molecule has 0 bridgehead atoms. The molecular formula is C26H33N5O4. The molecule has 0 saturated carbocycles. The van der Waals surface area contributed by atoms with Crippen molar-refractivity contribution in [2.24, 2.45) is 5.41 Å². The number of hydrogen-bond donors (Lipinski definition) is 0. The third-order valence-electron chi connectivity index (χ3n) is 6.99. The van der Waals surface area contributed by atoms with E-state index >= 15 is 0 Å². The van der Waals surface area contributed by atoms with Crippen LogP contribution in [0.2, 0.25) is 0 Å². The van der Waals surface area contributed by atoms with Crippen molar-refractivity contribution >= 4 is 11.7 Å². The summed E-state index contributed by atoms with van der Waals surface area (Å²) in [5.74, 6) is 1.76. The van der Waals surface area contributed by atoms with E-state index in [-0.39, 0.29) is 11.4 Å². The summed E-state index contributed by atoms with van der Waals surface area (Å²) < 4.78 is 16.2. The van der Waals surface area contributed by atoms with Gasteiger partial charge in [-0.2, -0.15) is 4.98 Å². The third-order valence-corrected chi connectivity index (χ3v) is 6.99. The Labute approximate surface area is 205 Å². The molecule has 9 nitrogen and oxygen atoms in total. The van der Waals surface area contributed by atoms with Gasteiger partial charge in [-0.25, -0.2) is 0 Å². The minimum absolute atomic E-state index is 0.123. The number of piperazine rings is 1. The van der Waals surface area contributed by atoms with Gasteiger partial charge >= 0.3 is 5.97 Å². The Morgan fingerprint density at radius 3 is 2.60 bits per heavy atom. The zero-order valence-electron chi connectivity index (χ0n) is 20.7. The zero-order valence-corrected chi connectivity index (χ0v) is 20.7. The van der Waals surface area contributed by atoms with Gasteiger partial charge in [0.15, 0.2) is 5.69 Å². The number of aromatic nitrogens is 3. The lowest BCUT2D eigenvalue weighted by Crippen LogP contribution is -2.47. The van der Waals surface area contributed by atoms with Crippen LogP contribution in [0.5, 0.6) is 0 Å². The molecule has 0 amide bonds. The first kappa shape index (κ1) is 23.5. The molecule has 0 unspecified atom stereocenters. The first-order chi connectivity index (χ1) is 16.9. The Kier molecular flexibility index (Phi) is 6.60. The van der Waals surface area contributed by atoms with E-state index in [0.717, 1.165) is 74.6 Å². The molecule has 9 heteroatoms. The summed E-state index contributed by atoms with van der Waals surface area (Å²) in [5, 5.41) is 8.44. The summed E-state index contributed by atoms with van der Waals surface area (Å²) in [5.41, 5.74) is 4.05. The van der Waals surface area contributed by atoms with Crippen molar-refractivity contribution in [3.05, 3.63) is 35.6 Å². The number of ether oxygens (including phenoxy) is 1. The number of hydrogen-bond acceptors (Lipinski definition) is 9. The third kappa shape index (κ3) is 5.24. The molecule has 1 aliphatic carbocycles. The second kappa shape index (κ2) is 9.81. The standard InChI is InChI=1S/C26H33N5O4/c1-4-33-22(32)10-12-30-13-15-31(16-14-30)19-7-5-18(6-8-19)24-27-25(35-29-24)23-20-9-11-26(2,3)17-21(20)34-28-23/h5-8H,4,9-17H2,1-3H3. The summed E-state index contributed by atoms with van der Waals surface area (Å²) in [6.45, 7) is 11.2. The van der Waals surface area contributed by atoms with Gasteiger partial charge in [0, 0.05) is 56.0 Å². The Hall–Kier alpha value is -3.20. The summed E-state index contributed by atoms with van der Waals surface area (Å²) in [4.78, 5) is 20.9. The number of carbonyl (C=O) groups excluding carboxylic acids is 1. The van der Waals surface area contributed by atoms with Crippen LogP contribution in [0.25, 0.3) is 23.0 Å². The van der Waals surface area contributed by atoms with Gasteiger partial charge in [0.25, 0.3) is 5.89 Å². The van der Waals surface area contributed by atoms with Crippen LogP contribution in [0.1, 0.15) is 44.9 Å². The smallest absolute Gasteiger partial charge is 0.307 e. The second-order valence-corrected chi connectivity index (χ2v) is 10.1. The van der Waals surface area contributed by atoms with E-state index in [1.807, 2.05) is 19.1 Å². The van der Waals surface area contributed by atoms with Gasteiger partial charge in [-0.1, -0.05) is 24.2 Å². The number of anilines is 1. The second-order valence-electron chi connectivity index (χ2n) is 10.1. The minimum atomic E-state index is -0.123. The lowest BCUT2D eigenvalue weighted by molar-refractivity contribution is -0.143. The number of fused-ring (bicyclic) bond motifs is 1. The average Bonchev–Trinajstić information content (AvgIpc) is 3.50. The quantitative estimate of drug-likeness (QED) is 0.466. The van der Waals surface area contributed by atoms with E-state index in [1.165, 1.54) is 0 Å². The van der Waals surface area contributed by atoms with Gasteiger partial charge in [-0.15, -0.1) is 0 Å². The molecule has 3 aromatic rings. The molecule has 35 heavy (non-hydrogen) atoms. The molecule has 1 aliphatic heterocycles. The highest BCUT2D eigenvalue weighted by atomic mass is 16.5. The highest BCUT2D eigenvalue weighted by molar-refractivity contribution is 5.69. The van der Waals surface area contributed by atoms with Crippen LogP contribution in [0.3, 0.4) is 0 Å². The largest absolute Gasteiger partial charge is 0.466 e. The molecule has 0 spiro atoms. The Balaban J connectivity index is 1.20. The predicted octanol–water partition coefficient (Wildman–Crippen LogP) is 3.98. The van der Waals surface area contributed by atoms with E-state index in [1.54, 1.807) is 0 Å². The molecule has 3 heterocycles. The molecule has 1 aromatic carbocycles. The van der Waals surface area contributed by atoms with Crippen LogP contribution in [-0.4, -0.2) is 65.5 Å². The van der Waals surface area contributed by atoms with Crippen molar-refractivity contribution in [1.82, 2.24) is 20.2 Å². The van der Waals surface area contributed by atoms with Crippen LogP contribution in [0.4, 0.5) is 5.69 Å². The zero-order chi connectivity index (χ0) is 24.4. The fourth-order valence-electron chi connectivity index (χ4n) is 4.86. The number of nitrogens with zero attached hydrogens (tertiary/aromatic N) is 5. The fourth-order valence-corrected chi connectivity index (χ4v) is 4.86. The van der Waals surface area contributed by atoms with Gasteiger partial charge in [0.05, 0.1) is 13.0 Å². The Morgan fingerprint density at radius 2 is 1.86 bits per heavy atom. The molecule has 186 valence electrons. The number of benzene rings is 1. The van der Waals surface area contributed by atoms with Crippen LogP contribution < -0.4 is 4.90 Å². The highest BCUT2D eigenvalue weighted by Crippen LogP contribution is 2.38. The molecule has 0 N–H and O–H groups in total. The van der Waals surface area contributed by atoms with Gasteiger partial charge in [0.1, 0.15) is 5.76 Å². The minimum Gasteiger partial charge on any atom is -0.466 e. The molecule has 1 fully saturated rings. The molecule has 1 saturated heterocycles. The monoisotopic (exact) mass is 479 g/mol.